The predicted octanol–water partition coefficient (Wildman–Crippen LogP) is -3.62. The molecular formula is C5H10NNaO4. The van der Waals surface area contributed by atoms with E-state index < -0.39 is 18.0 Å². The zero-order valence-electron chi connectivity index (χ0n) is 7.28. The second-order valence-corrected chi connectivity index (χ2v) is 1.88. The van der Waals surface area contributed by atoms with Gasteiger partial charge in [0.1, 0.15) is 6.04 Å². The van der Waals surface area contributed by atoms with Crippen molar-refractivity contribution in [2.24, 2.45) is 5.73 Å². The molecule has 0 saturated carbocycles. The van der Waals surface area contributed by atoms with Crippen LogP contribution in [0.25, 0.3) is 0 Å². The van der Waals surface area contributed by atoms with E-state index >= 15 is 0 Å². The summed E-state index contributed by atoms with van der Waals surface area (Å²) in [6.07, 6.45) is -0.224. The first-order valence-electron chi connectivity index (χ1n) is 2.74. The Bertz CT molecular complexity index is 154. The number of carboxylic acid groups (broad SMARTS) is 2. The number of hydrogen-bond acceptors (Lipinski definition) is 3. The van der Waals surface area contributed by atoms with Gasteiger partial charge >= 0.3 is 41.5 Å². The topological polar surface area (TPSA) is 101 Å². The summed E-state index contributed by atoms with van der Waals surface area (Å²) in [4.78, 5) is 19.9. The molecule has 0 unspecified atom stereocenters. The third-order valence-electron chi connectivity index (χ3n) is 0.986. The number of carbonyl (C=O) groups is 2. The van der Waals surface area contributed by atoms with Gasteiger partial charge in [0.05, 0.1) is 0 Å². The van der Waals surface area contributed by atoms with E-state index in [1.165, 1.54) is 0 Å². The second kappa shape index (κ2) is 6.60. The van der Waals surface area contributed by atoms with Crippen LogP contribution in [0.2, 0.25) is 0 Å². The standard InChI is InChI=1S/C5H9NO4.Na.H/c6-3(5(9)10)1-2-4(7)8;;/h3H,1-2,6H2,(H,7,8)(H,9,10);;/q;+1;-1/t3-;;/m0../s1. The average molecular weight is 171 g/mol. The van der Waals surface area contributed by atoms with Gasteiger partial charge in [-0.05, 0) is 6.42 Å². The van der Waals surface area contributed by atoms with Crippen LogP contribution < -0.4 is 35.3 Å². The molecule has 0 rings (SSSR count). The Morgan fingerprint density at radius 1 is 1.45 bits per heavy atom. The van der Waals surface area contributed by atoms with Crippen molar-refractivity contribution < 1.29 is 50.8 Å². The Morgan fingerprint density at radius 2 is 1.91 bits per heavy atom. The summed E-state index contributed by atoms with van der Waals surface area (Å²) in [5.74, 6) is -2.20. The van der Waals surface area contributed by atoms with Gasteiger partial charge in [-0.2, -0.15) is 0 Å². The zero-order chi connectivity index (χ0) is 8.15. The fourth-order valence-electron chi connectivity index (χ4n) is 0.402. The van der Waals surface area contributed by atoms with Crippen molar-refractivity contribution in [2.75, 3.05) is 0 Å². The van der Waals surface area contributed by atoms with E-state index in [4.69, 9.17) is 15.9 Å². The summed E-state index contributed by atoms with van der Waals surface area (Å²) in [6.45, 7) is 0. The van der Waals surface area contributed by atoms with Gasteiger partial charge < -0.3 is 17.4 Å². The summed E-state index contributed by atoms with van der Waals surface area (Å²) in [6, 6.07) is -1.06. The van der Waals surface area contributed by atoms with Crippen molar-refractivity contribution in [3.8, 4) is 0 Å². The largest absolute Gasteiger partial charge is 1.00 e. The van der Waals surface area contributed by atoms with Crippen molar-refractivity contribution in [1.82, 2.24) is 0 Å². The van der Waals surface area contributed by atoms with E-state index in [0.717, 1.165) is 0 Å². The van der Waals surface area contributed by atoms with Crippen LogP contribution >= 0.6 is 0 Å². The van der Waals surface area contributed by atoms with Gasteiger partial charge in [-0.15, -0.1) is 0 Å². The van der Waals surface area contributed by atoms with Gasteiger partial charge in [0, 0.05) is 6.42 Å². The molecule has 0 aromatic carbocycles. The molecule has 6 heteroatoms. The number of nitrogens with two attached hydrogens (primary N) is 1. The van der Waals surface area contributed by atoms with Crippen LogP contribution in [-0.2, 0) is 9.59 Å². The third kappa shape index (κ3) is 7.80. The van der Waals surface area contributed by atoms with E-state index in [1.807, 2.05) is 0 Å². The van der Waals surface area contributed by atoms with Gasteiger partial charge in [-0.1, -0.05) is 0 Å². The van der Waals surface area contributed by atoms with Crippen LogP contribution in [0, 0.1) is 0 Å². The van der Waals surface area contributed by atoms with Crippen molar-refractivity contribution >= 4 is 11.9 Å². The van der Waals surface area contributed by atoms with Crippen LogP contribution in [0.5, 0.6) is 0 Å². The molecular weight excluding hydrogens is 161 g/mol. The van der Waals surface area contributed by atoms with Crippen LogP contribution in [0.15, 0.2) is 0 Å². The SMILES string of the molecule is N[C@@H](CCC(=O)O)C(=O)O.[H-].[Na+]. The van der Waals surface area contributed by atoms with E-state index in [9.17, 15) is 9.59 Å². The van der Waals surface area contributed by atoms with Gasteiger partial charge in [0.25, 0.3) is 0 Å². The Hall–Kier alpha value is -0.100. The molecule has 0 aliphatic rings. The summed E-state index contributed by atoms with van der Waals surface area (Å²) in [5, 5.41) is 16.3. The van der Waals surface area contributed by atoms with Crippen molar-refractivity contribution in [1.29, 1.82) is 0 Å². The molecule has 0 bridgehead atoms. The molecule has 0 aromatic rings. The summed E-state index contributed by atoms with van der Waals surface area (Å²) in [7, 11) is 0. The van der Waals surface area contributed by atoms with Gasteiger partial charge in [0.2, 0.25) is 0 Å². The second-order valence-electron chi connectivity index (χ2n) is 1.88. The average Bonchev–Trinajstić information content (AvgIpc) is 1.82. The monoisotopic (exact) mass is 171 g/mol. The third-order valence-corrected chi connectivity index (χ3v) is 0.986. The molecule has 0 saturated heterocycles. The maximum absolute atomic E-state index is 9.99. The molecule has 60 valence electrons. The molecule has 0 spiro atoms. The van der Waals surface area contributed by atoms with Crippen molar-refractivity contribution in [2.45, 2.75) is 18.9 Å². The Labute approximate surface area is 87.3 Å². The molecule has 11 heavy (non-hydrogen) atoms. The molecule has 0 aliphatic carbocycles. The van der Waals surface area contributed by atoms with Crippen LogP contribution in [-0.4, -0.2) is 28.2 Å². The van der Waals surface area contributed by atoms with E-state index in [-0.39, 0.29) is 43.8 Å². The minimum atomic E-state index is -1.17. The first kappa shape index (κ1) is 13.5. The van der Waals surface area contributed by atoms with Gasteiger partial charge in [0.15, 0.2) is 0 Å². The fourth-order valence-corrected chi connectivity index (χ4v) is 0.402. The van der Waals surface area contributed by atoms with Crippen LogP contribution in [0.4, 0.5) is 0 Å². The minimum Gasteiger partial charge on any atom is -1.00 e. The molecule has 0 heterocycles. The summed E-state index contributed by atoms with van der Waals surface area (Å²) in [5.41, 5.74) is 5.00. The van der Waals surface area contributed by atoms with Crippen molar-refractivity contribution in [3.05, 3.63) is 0 Å². The predicted molar refractivity (Wildman–Crippen MR) is 33.6 cm³/mol. The maximum atomic E-state index is 9.99. The number of aliphatic carboxylic acids is 2. The van der Waals surface area contributed by atoms with Gasteiger partial charge in [-0.25, -0.2) is 0 Å². The maximum Gasteiger partial charge on any atom is 1.00 e. The number of carboxylic acids is 2. The molecule has 1 atom stereocenters. The quantitative estimate of drug-likeness (QED) is 0.379. The molecule has 0 fully saturated rings. The van der Waals surface area contributed by atoms with E-state index in [0.29, 0.717) is 0 Å². The normalized spacial score (nSPS) is 11.4. The Morgan fingerprint density at radius 3 is 2.18 bits per heavy atom. The first-order chi connectivity index (χ1) is 4.54. The van der Waals surface area contributed by atoms with Crippen LogP contribution in [0.3, 0.4) is 0 Å². The van der Waals surface area contributed by atoms with Crippen LogP contribution in [0.1, 0.15) is 14.3 Å². The molecule has 0 amide bonds. The fraction of sp³-hybridized carbons (Fsp3) is 0.600. The minimum absolute atomic E-state index is 0. The molecule has 4 N–H and O–H groups in total. The first-order valence-corrected chi connectivity index (χ1v) is 2.74. The summed E-state index contributed by atoms with van der Waals surface area (Å²) < 4.78 is 0. The van der Waals surface area contributed by atoms with E-state index in [1.54, 1.807) is 0 Å². The molecule has 0 radical (unpaired) electrons. The van der Waals surface area contributed by atoms with Crippen molar-refractivity contribution in [3.63, 3.8) is 0 Å². The van der Waals surface area contributed by atoms with E-state index in [2.05, 4.69) is 0 Å². The Balaban J connectivity index is -0.000000405. The molecule has 5 nitrogen and oxygen atoms in total. The smallest absolute Gasteiger partial charge is 1.00 e. The molecule has 0 aliphatic heterocycles. The Kier molecular flexibility index (Phi) is 8.09. The number of rotatable bonds is 4. The summed E-state index contributed by atoms with van der Waals surface area (Å²) >= 11 is 0. The molecule has 0 aromatic heterocycles. The number of hydrogen-bond donors (Lipinski definition) is 3. The zero-order valence-corrected chi connectivity index (χ0v) is 8.28. The van der Waals surface area contributed by atoms with Gasteiger partial charge in [-0.3, -0.25) is 9.59 Å².